The predicted octanol–water partition coefficient (Wildman–Crippen LogP) is 2.42. The average Bonchev–Trinajstić information content (AvgIpc) is 2.34. The molecule has 0 bridgehead atoms. The highest BCUT2D eigenvalue weighted by atomic mass is 19.1. The van der Waals surface area contributed by atoms with Crippen LogP contribution in [0, 0.1) is 15.9 Å². The van der Waals surface area contributed by atoms with Gasteiger partial charge in [0, 0.05) is 12.1 Å². The average molecular weight is 253 g/mol. The lowest BCUT2D eigenvalue weighted by molar-refractivity contribution is -0.384. The van der Waals surface area contributed by atoms with E-state index in [1.54, 1.807) is 0 Å². The van der Waals surface area contributed by atoms with E-state index in [0.29, 0.717) is 5.69 Å². The summed E-state index contributed by atoms with van der Waals surface area (Å²) in [6.45, 7) is 0. The minimum Gasteiger partial charge on any atom is -0.377 e. The summed E-state index contributed by atoms with van der Waals surface area (Å²) < 4.78 is 13.0. The third-order valence-electron chi connectivity index (χ3n) is 3.29. The van der Waals surface area contributed by atoms with Gasteiger partial charge in [-0.25, -0.2) is 4.39 Å². The highest BCUT2D eigenvalue weighted by molar-refractivity contribution is 5.61. The number of nitro benzene ring substituents is 1. The molecule has 98 valence electrons. The third-order valence-corrected chi connectivity index (χ3v) is 3.29. The van der Waals surface area contributed by atoms with Gasteiger partial charge in [0.2, 0.25) is 0 Å². The zero-order valence-corrected chi connectivity index (χ0v) is 9.93. The summed E-state index contributed by atoms with van der Waals surface area (Å²) in [6.07, 6.45) is 3.59. The second-order valence-electron chi connectivity index (χ2n) is 4.67. The van der Waals surface area contributed by atoms with Gasteiger partial charge in [0.1, 0.15) is 11.5 Å². The quantitative estimate of drug-likeness (QED) is 0.640. The standard InChI is InChI=1S/C12H16FN3O2/c13-8-1-6-11(12(7-8)16(17)18)15-10-4-2-9(14)3-5-10/h1,6-7,9-10,15H,2-5,14H2. The Hall–Kier alpha value is -1.69. The Kier molecular flexibility index (Phi) is 3.76. The van der Waals surface area contributed by atoms with Gasteiger partial charge >= 0.3 is 0 Å². The topological polar surface area (TPSA) is 81.2 Å². The fourth-order valence-corrected chi connectivity index (χ4v) is 2.26. The van der Waals surface area contributed by atoms with E-state index in [1.165, 1.54) is 12.1 Å². The highest BCUT2D eigenvalue weighted by Gasteiger charge is 2.22. The summed E-state index contributed by atoms with van der Waals surface area (Å²) >= 11 is 0. The summed E-state index contributed by atoms with van der Waals surface area (Å²) in [7, 11) is 0. The van der Waals surface area contributed by atoms with E-state index in [4.69, 9.17) is 5.73 Å². The molecule has 1 aromatic carbocycles. The Morgan fingerprint density at radius 1 is 1.33 bits per heavy atom. The SMILES string of the molecule is NC1CCC(Nc2ccc(F)cc2[N+](=O)[O-])CC1. The Morgan fingerprint density at radius 2 is 2.00 bits per heavy atom. The van der Waals surface area contributed by atoms with E-state index in [1.807, 2.05) is 0 Å². The molecule has 18 heavy (non-hydrogen) atoms. The van der Waals surface area contributed by atoms with Crippen LogP contribution in [0.25, 0.3) is 0 Å². The maximum Gasteiger partial charge on any atom is 0.295 e. The number of hydrogen-bond donors (Lipinski definition) is 2. The third kappa shape index (κ3) is 2.95. The van der Waals surface area contributed by atoms with Crippen LogP contribution < -0.4 is 11.1 Å². The normalized spacial score (nSPS) is 23.7. The van der Waals surface area contributed by atoms with Crippen LogP contribution in [0.4, 0.5) is 15.8 Å². The van der Waals surface area contributed by atoms with Crippen LogP contribution in [-0.4, -0.2) is 17.0 Å². The lowest BCUT2D eigenvalue weighted by Crippen LogP contribution is -2.32. The van der Waals surface area contributed by atoms with Gasteiger partial charge in [-0.2, -0.15) is 0 Å². The Labute approximate surface area is 104 Å². The Morgan fingerprint density at radius 3 is 2.61 bits per heavy atom. The van der Waals surface area contributed by atoms with Crippen LogP contribution in [0.1, 0.15) is 25.7 Å². The molecule has 6 heteroatoms. The monoisotopic (exact) mass is 253 g/mol. The largest absolute Gasteiger partial charge is 0.377 e. The first-order valence-electron chi connectivity index (χ1n) is 6.02. The van der Waals surface area contributed by atoms with Crippen molar-refractivity contribution in [2.24, 2.45) is 5.73 Å². The molecule has 0 atom stereocenters. The molecule has 3 N–H and O–H groups in total. The molecule has 1 aliphatic rings. The van der Waals surface area contributed by atoms with Gasteiger partial charge < -0.3 is 11.1 Å². The van der Waals surface area contributed by atoms with Crippen LogP contribution in [0.3, 0.4) is 0 Å². The molecule has 0 unspecified atom stereocenters. The molecule has 0 spiro atoms. The number of nitrogens with zero attached hydrogens (tertiary/aromatic N) is 1. The minimum absolute atomic E-state index is 0.175. The summed E-state index contributed by atoms with van der Waals surface area (Å²) in [4.78, 5) is 10.3. The van der Waals surface area contributed by atoms with Crippen LogP contribution >= 0.6 is 0 Å². The van der Waals surface area contributed by atoms with Crippen molar-refractivity contribution in [2.75, 3.05) is 5.32 Å². The van der Waals surface area contributed by atoms with Crippen molar-refractivity contribution in [1.29, 1.82) is 0 Å². The summed E-state index contributed by atoms with van der Waals surface area (Å²) in [6, 6.07) is 3.99. The van der Waals surface area contributed by atoms with Crippen LogP contribution in [0.2, 0.25) is 0 Å². The van der Waals surface area contributed by atoms with Gasteiger partial charge in [0.15, 0.2) is 0 Å². The number of halogens is 1. The predicted molar refractivity (Wildman–Crippen MR) is 66.9 cm³/mol. The van der Waals surface area contributed by atoms with Crippen LogP contribution in [-0.2, 0) is 0 Å². The van der Waals surface area contributed by atoms with E-state index in [-0.39, 0.29) is 17.8 Å². The molecule has 1 aliphatic carbocycles. The molecular formula is C12H16FN3O2. The highest BCUT2D eigenvalue weighted by Crippen LogP contribution is 2.28. The number of hydrogen-bond acceptors (Lipinski definition) is 4. The second kappa shape index (κ2) is 5.30. The molecule has 2 rings (SSSR count). The first-order valence-corrected chi connectivity index (χ1v) is 6.02. The van der Waals surface area contributed by atoms with Gasteiger partial charge in [0.25, 0.3) is 5.69 Å². The van der Waals surface area contributed by atoms with Gasteiger partial charge in [-0.15, -0.1) is 0 Å². The zero-order valence-electron chi connectivity index (χ0n) is 9.93. The van der Waals surface area contributed by atoms with Crippen molar-refractivity contribution < 1.29 is 9.31 Å². The summed E-state index contributed by atoms with van der Waals surface area (Å²) in [5, 5.41) is 14.0. The van der Waals surface area contributed by atoms with Gasteiger partial charge in [-0.05, 0) is 37.8 Å². The second-order valence-corrected chi connectivity index (χ2v) is 4.67. The number of benzene rings is 1. The lowest BCUT2D eigenvalue weighted by atomic mass is 9.91. The van der Waals surface area contributed by atoms with Gasteiger partial charge in [-0.3, -0.25) is 10.1 Å². The Balaban J connectivity index is 2.11. The van der Waals surface area contributed by atoms with Crippen molar-refractivity contribution in [2.45, 2.75) is 37.8 Å². The maximum absolute atomic E-state index is 13.0. The van der Waals surface area contributed by atoms with Crippen LogP contribution in [0.15, 0.2) is 18.2 Å². The number of nitrogens with one attached hydrogen (secondary N) is 1. The van der Waals surface area contributed by atoms with E-state index in [0.717, 1.165) is 31.7 Å². The smallest absolute Gasteiger partial charge is 0.295 e. The van der Waals surface area contributed by atoms with E-state index >= 15 is 0 Å². The summed E-state index contributed by atoms with van der Waals surface area (Å²) in [5.74, 6) is -0.599. The zero-order chi connectivity index (χ0) is 13.1. The fourth-order valence-electron chi connectivity index (χ4n) is 2.26. The number of nitro groups is 1. The maximum atomic E-state index is 13.0. The number of rotatable bonds is 3. The van der Waals surface area contributed by atoms with Crippen molar-refractivity contribution in [1.82, 2.24) is 0 Å². The molecule has 0 heterocycles. The fraction of sp³-hybridized carbons (Fsp3) is 0.500. The van der Waals surface area contributed by atoms with Gasteiger partial charge in [0.05, 0.1) is 11.0 Å². The van der Waals surface area contributed by atoms with E-state index < -0.39 is 10.7 Å². The lowest BCUT2D eigenvalue weighted by Gasteiger charge is -2.27. The van der Waals surface area contributed by atoms with Crippen molar-refractivity contribution in [3.63, 3.8) is 0 Å². The van der Waals surface area contributed by atoms with Crippen molar-refractivity contribution in [3.8, 4) is 0 Å². The number of anilines is 1. The Bertz CT molecular complexity index is 445. The minimum atomic E-state index is -0.599. The number of nitrogens with two attached hydrogens (primary N) is 1. The first kappa shape index (κ1) is 12.8. The molecule has 0 amide bonds. The van der Waals surface area contributed by atoms with E-state index in [9.17, 15) is 14.5 Å². The molecular weight excluding hydrogens is 237 g/mol. The van der Waals surface area contributed by atoms with Crippen molar-refractivity contribution >= 4 is 11.4 Å². The molecule has 0 aromatic heterocycles. The van der Waals surface area contributed by atoms with E-state index in [2.05, 4.69) is 5.32 Å². The molecule has 0 saturated heterocycles. The molecule has 1 aromatic rings. The molecule has 1 saturated carbocycles. The molecule has 0 radical (unpaired) electrons. The van der Waals surface area contributed by atoms with Gasteiger partial charge in [-0.1, -0.05) is 0 Å². The summed E-state index contributed by atoms with van der Waals surface area (Å²) in [5.41, 5.74) is 5.96. The molecule has 0 aliphatic heterocycles. The first-order chi connectivity index (χ1) is 8.56. The van der Waals surface area contributed by atoms with Crippen molar-refractivity contribution in [3.05, 3.63) is 34.1 Å². The molecule has 1 fully saturated rings. The van der Waals surface area contributed by atoms with Crippen LogP contribution in [0.5, 0.6) is 0 Å². The molecule has 5 nitrogen and oxygen atoms in total.